The molecule has 150 valence electrons. The normalized spacial score (nSPS) is 18.9. The lowest BCUT2D eigenvalue weighted by Crippen LogP contribution is -2.49. The average molecular weight is 384 g/mol. The average Bonchev–Trinajstić information content (AvgIpc) is 2.74. The van der Waals surface area contributed by atoms with Crippen LogP contribution in [-0.4, -0.2) is 6.54 Å². The van der Waals surface area contributed by atoms with Gasteiger partial charge in [0.1, 0.15) is 0 Å². The number of fused-ring (bicyclic) bond motifs is 1. The summed E-state index contributed by atoms with van der Waals surface area (Å²) in [7, 11) is 0. The lowest BCUT2D eigenvalue weighted by Gasteiger charge is -2.48. The van der Waals surface area contributed by atoms with Crippen molar-refractivity contribution in [1.29, 1.82) is 0 Å². The minimum Gasteiger partial charge on any atom is -0.358 e. The molecular weight excluding hydrogens is 350 g/mol. The van der Waals surface area contributed by atoms with Crippen molar-refractivity contribution in [1.82, 2.24) is 0 Å². The van der Waals surface area contributed by atoms with Crippen molar-refractivity contribution in [3.05, 3.63) is 101 Å². The molecule has 1 aliphatic rings. The maximum absolute atomic E-state index is 2.60. The Hall–Kier alpha value is -2.54. The molecule has 0 aliphatic carbocycles. The van der Waals surface area contributed by atoms with Crippen molar-refractivity contribution in [2.75, 3.05) is 11.4 Å². The highest BCUT2D eigenvalue weighted by atomic mass is 15.2. The molecule has 1 heterocycles. The molecule has 1 heteroatoms. The number of anilines is 1. The number of benzene rings is 3. The van der Waals surface area contributed by atoms with Crippen molar-refractivity contribution >= 4 is 5.69 Å². The summed E-state index contributed by atoms with van der Waals surface area (Å²) < 4.78 is 0. The van der Waals surface area contributed by atoms with Gasteiger partial charge in [-0.3, -0.25) is 0 Å². The van der Waals surface area contributed by atoms with E-state index in [1.165, 1.54) is 33.5 Å². The van der Waals surface area contributed by atoms with Crippen LogP contribution in [0, 0.1) is 0 Å². The van der Waals surface area contributed by atoms with Gasteiger partial charge in [-0.15, -0.1) is 0 Å². The van der Waals surface area contributed by atoms with Crippen LogP contribution < -0.4 is 4.90 Å². The summed E-state index contributed by atoms with van der Waals surface area (Å²) in [5.41, 5.74) is 8.18. The van der Waals surface area contributed by atoms with Gasteiger partial charge in [0.2, 0.25) is 0 Å². The summed E-state index contributed by atoms with van der Waals surface area (Å²) in [5.74, 6) is 1.11. The van der Waals surface area contributed by atoms with Crippen molar-refractivity contribution < 1.29 is 0 Å². The van der Waals surface area contributed by atoms with E-state index in [0.29, 0.717) is 11.8 Å². The van der Waals surface area contributed by atoms with E-state index in [2.05, 4.69) is 112 Å². The topological polar surface area (TPSA) is 3.24 Å². The van der Waals surface area contributed by atoms with Crippen LogP contribution in [0.4, 0.5) is 5.69 Å². The Kier molecular flexibility index (Phi) is 5.25. The zero-order valence-corrected chi connectivity index (χ0v) is 18.4. The summed E-state index contributed by atoms with van der Waals surface area (Å²) in [6.45, 7) is 12.5. The Balaban J connectivity index is 1.84. The maximum Gasteiger partial charge on any atom is 0.0880 e. The summed E-state index contributed by atoms with van der Waals surface area (Å²) >= 11 is 0. The third-order valence-electron chi connectivity index (χ3n) is 6.70. The molecule has 1 atom stereocenters. The molecule has 0 fully saturated rings. The van der Waals surface area contributed by atoms with E-state index in [9.17, 15) is 0 Å². The first-order chi connectivity index (χ1) is 13.9. The molecule has 0 N–H and O–H groups in total. The number of rotatable bonds is 4. The molecule has 1 nitrogen and oxygen atoms in total. The van der Waals surface area contributed by atoms with Crippen LogP contribution in [0.5, 0.6) is 0 Å². The summed E-state index contributed by atoms with van der Waals surface area (Å²) in [6.07, 6.45) is 1.09. The molecule has 1 unspecified atom stereocenters. The first kappa shape index (κ1) is 19.8. The summed E-state index contributed by atoms with van der Waals surface area (Å²) in [6, 6.07) is 27.5. The van der Waals surface area contributed by atoms with Gasteiger partial charge in [-0.05, 0) is 65.1 Å². The van der Waals surface area contributed by atoms with E-state index in [0.717, 1.165) is 13.0 Å². The van der Waals surface area contributed by atoms with E-state index in [1.807, 2.05) is 0 Å². The Labute approximate surface area is 176 Å². The van der Waals surface area contributed by atoms with Crippen LogP contribution in [0.15, 0.2) is 72.8 Å². The van der Waals surface area contributed by atoms with E-state index >= 15 is 0 Å². The SMILES string of the molecule is CC(C)c1ccc(N2CCc3ccccc3C2(C)c2ccc(C(C)C)cc2)cc1. The Bertz CT molecular complexity index is 966. The highest BCUT2D eigenvalue weighted by Gasteiger charge is 2.40. The largest absolute Gasteiger partial charge is 0.358 e. The third kappa shape index (κ3) is 3.48. The zero-order chi connectivity index (χ0) is 20.6. The zero-order valence-electron chi connectivity index (χ0n) is 18.4. The van der Waals surface area contributed by atoms with E-state index in [-0.39, 0.29) is 5.54 Å². The summed E-state index contributed by atoms with van der Waals surface area (Å²) in [5, 5.41) is 0. The minimum absolute atomic E-state index is 0.177. The molecule has 0 saturated carbocycles. The van der Waals surface area contributed by atoms with Gasteiger partial charge >= 0.3 is 0 Å². The molecular formula is C28H33N. The van der Waals surface area contributed by atoms with Crippen LogP contribution in [0.3, 0.4) is 0 Å². The van der Waals surface area contributed by atoms with Crippen molar-refractivity contribution in [2.24, 2.45) is 0 Å². The third-order valence-corrected chi connectivity index (χ3v) is 6.70. The maximum atomic E-state index is 2.60. The molecule has 0 bridgehead atoms. The fourth-order valence-electron chi connectivity index (χ4n) is 4.74. The Morgan fingerprint density at radius 3 is 1.86 bits per heavy atom. The fraction of sp³-hybridized carbons (Fsp3) is 0.357. The van der Waals surface area contributed by atoms with Gasteiger partial charge in [-0.25, -0.2) is 0 Å². The summed E-state index contributed by atoms with van der Waals surface area (Å²) in [4.78, 5) is 2.60. The lowest BCUT2D eigenvalue weighted by molar-refractivity contribution is 0.489. The monoisotopic (exact) mass is 383 g/mol. The van der Waals surface area contributed by atoms with E-state index in [1.54, 1.807) is 0 Å². The molecule has 0 saturated heterocycles. The van der Waals surface area contributed by atoms with Crippen molar-refractivity contribution in [2.45, 2.75) is 58.4 Å². The quantitative estimate of drug-likeness (QED) is 0.458. The van der Waals surface area contributed by atoms with Gasteiger partial charge in [0, 0.05) is 12.2 Å². The fourth-order valence-corrected chi connectivity index (χ4v) is 4.74. The molecule has 1 aliphatic heterocycles. The molecule has 0 amide bonds. The predicted molar refractivity (Wildman–Crippen MR) is 125 cm³/mol. The molecule has 29 heavy (non-hydrogen) atoms. The molecule has 0 radical (unpaired) electrons. The Morgan fingerprint density at radius 2 is 1.28 bits per heavy atom. The molecule has 4 rings (SSSR count). The second kappa shape index (κ2) is 7.71. The lowest BCUT2D eigenvalue weighted by atomic mass is 9.76. The number of hydrogen-bond donors (Lipinski definition) is 0. The van der Waals surface area contributed by atoms with Gasteiger partial charge in [0.25, 0.3) is 0 Å². The second-order valence-electron chi connectivity index (χ2n) is 9.15. The number of nitrogens with zero attached hydrogens (tertiary/aromatic N) is 1. The second-order valence-corrected chi connectivity index (χ2v) is 9.15. The van der Waals surface area contributed by atoms with Gasteiger partial charge < -0.3 is 4.90 Å². The van der Waals surface area contributed by atoms with E-state index in [4.69, 9.17) is 0 Å². The minimum atomic E-state index is -0.177. The van der Waals surface area contributed by atoms with Gasteiger partial charge in [0.15, 0.2) is 0 Å². The van der Waals surface area contributed by atoms with Crippen LogP contribution in [0.1, 0.15) is 74.3 Å². The smallest absolute Gasteiger partial charge is 0.0880 e. The molecule has 0 spiro atoms. The van der Waals surface area contributed by atoms with Crippen molar-refractivity contribution in [3.63, 3.8) is 0 Å². The molecule has 0 aromatic heterocycles. The van der Waals surface area contributed by atoms with E-state index < -0.39 is 0 Å². The molecule has 3 aromatic rings. The van der Waals surface area contributed by atoms with Crippen molar-refractivity contribution in [3.8, 4) is 0 Å². The molecule has 3 aromatic carbocycles. The van der Waals surface area contributed by atoms with Gasteiger partial charge in [-0.2, -0.15) is 0 Å². The first-order valence-corrected chi connectivity index (χ1v) is 11.0. The van der Waals surface area contributed by atoms with Crippen LogP contribution in [-0.2, 0) is 12.0 Å². The highest BCUT2D eigenvalue weighted by Crippen LogP contribution is 2.43. The Morgan fingerprint density at radius 1 is 0.724 bits per heavy atom. The van der Waals surface area contributed by atoms with Gasteiger partial charge in [-0.1, -0.05) is 88.4 Å². The first-order valence-electron chi connectivity index (χ1n) is 11.0. The van der Waals surface area contributed by atoms with Crippen LogP contribution in [0.2, 0.25) is 0 Å². The van der Waals surface area contributed by atoms with Gasteiger partial charge in [0.05, 0.1) is 5.54 Å². The predicted octanol–water partition coefficient (Wildman–Crippen LogP) is 7.26. The van der Waals surface area contributed by atoms with Crippen LogP contribution >= 0.6 is 0 Å². The standard InChI is InChI=1S/C28H33N/c1-20(2)22-10-14-25(15-11-22)28(5)27-9-7-6-8-24(27)18-19-29(28)26-16-12-23(13-17-26)21(3)4/h6-17,20-21H,18-19H2,1-5H3. The highest BCUT2D eigenvalue weighted by molar-refractivity contribution is 5.60. The number of hydrogen-bond acceptors (Lipinski definition) is 1. The van der Waals surface area contributed by atoms with Crippen LogP contribution in [0.25, 0.3) is 0 Å².